The molecule has 1 N–H and O–H groups in total. The third-order valence-electron chi connectivity index (χ3n) is 3.15. The molecule has 1 aromatic heterocycles. The third-order valence-corrected chi connectivity index (χ3v) is 3.15. The van der Waals surface area contributed by atoms with E-state index in [0.717, 1.165) is 0 Å². The maximum atomic E-state index is 11.9. The molecule has 0 atom stereocenters. The van der Waals surface area contributed by atoms with Crippen LogP contribution in [0, 0.1) is 0 Å². The van der Waals surface area contributed by atoms with Gasteiger partial charge < -0.3 is 14.6 Å². The van der Waals surface area contributed by atoms with Gasteiger partial charge in [0, 0.05) is 32.7 Å². The summed E-state index contributed by atoms with van der Waals surface area (Å²) in [7, 11) is 0. The van der Waals surface area contributed by atoms with Crippen LogP contribution in [0.15, 0.2) is 22.8 Å². The number of urea groups is 1. The van der Waals surface area contributed by atoms with Gasteiger partial charge in [0.1, 0.15) is 0 Å². The number of ketones is 1. The summed E-state index contributed by atoms with van der Waals surface area (Å²) in [4.78, 5) is 27.3. The van der Waals surface area contributed by atoms with Gasteiger partial charge in [-0.3, -0.25) is 9.69 Å². The summed E-state index contributed by atoms with van der Waals surface area (Å²) in [6, 6.07) is 3.35. The van der Waals surface area contributed by atoms with Crippen molar-refractivity contribution in [2.45, 2.75) is 6.92 Å². The fourth-order valence-electron chi connectivity index (χ4n) is 2.09. The van der Waals surface area contributed by atoms with Crippen molar-refractivity contribution < 1.29 is 14.0 Å². The van der Waals surface area contributed by atoms with Crippen LogP contribution in [0.2, 0.25) is 0 Å². The van der Waals surface area contributed by atoms with Crippen molar-refractivity contribution in [3.8, 4) is 0 Å². The normalized spacial score (nSPS) is 16.4. The Bertz CT molecular complexity index is 422. The van der Waals surface area contributed by atoms with E-state index in [0.29, 0.717) is 45.0 Å². The highest BCUT2D eigenvalue weighted by atomic mass is 16.3. The van der Waals surface area contributed by atoms with Crippen LogP contribution in [0.3, 0.4) is 0 Å². The van der Waals surface area contributed by atoms with E-state index in [9.17, 15) is 9.59 Å². The van der Waals surface area contributed by atoms with Crippen LogP contribution in [-0.4, -0.2) is 60.9 Å². The largest absolute Gasteiger partial charge is 0.461 e. The topological polar surface area (TPSA) is 65.8 Å². The number of furan rings is 1. The molecular weight excluding hydrogens is 246 g/mol. The number of hydrogen-bond acceptors (Lipinski definition) is 4. The smallest absolute Gasteiger partial charge is 0.317 e. The maximum absolute atomic E-state index is 11.9. The quantitative estimate of drug-likeness (QED) is 0.818. The van der Waals surface area contributed by atoms with Gasteiger partial charge in [0.05, 0.1) is 12.8 Å². The Labute approximate surface area is 112 Å². The van der Waals surface area contributed by atoms with Crippen molar-refractivity contribution >= 4 is 11.8 Å². The minimum Gasteiger partial charge on any atom is -0.461 e. The van der Waals surface area contributed by atoms with Gasteiger partial charge in [-0.15, -0.1) is 0 Å². The van der Waals surface area contributed by atoms with Gasteiger partial charge in [0.25, 0.3) is 0 Å². The van der Waals surface area contributed by atoms with E-state index in [-0.39, 0.29) is 11.8 Å². The number of rotatable bonds is 4. The molecule has 1 aliphatic rings. The number of carbonyl (C=O) groups excluding carboxylic acids is 2. The maximum Gasteiger partial charge on any atom is 0.317 e. The average molecular weight is 265 g/mol. The first-order chi connectivity index (χ1) is 9.20. The third kappa shape index (κ3) is 3.57. The van der Waals surface area contributed by atoms with Gasteiger partial charge in [-0.05, 0) is 19.1 Å². The zero-order valence-corrected chi connectivity index (χ0v) is 11.1. The Balaban J connectivity index is 1.77. The van der Waals surface area contributed by atoms with Crippen molar-refractivity contribution in [2.24, 2.45) is 0 Å². The Morgan fingerprint density at radius 1 is 1.32 bits per heavy atom. The van der Waals surface area contributed by atoms with Gasteiger partial charge in [-0.25, -0.2) is 4.79 Å². The molecule has 2 rings (SSSR count). The predicted octanol–water partition coefficient (Wildman–Crippen LogP) is 0.809. The highest BCUT2D eigenvalue weighted by Gasteiger charge is 2.22. The fourth-order valence-corrected chi connectivity index (χ4v) is 2.09. The predicted molar refractivity (Wildman–Crippen MR) is 70.1 cm³/mol. The summed E-state index contributed by atoms with van der Waals surface area (Å²) in [5.74, 6) is 0.377. The van der Waals surface area contributed by atoms with Crippen LogP contribution >= 0.6 is 0 Å². The second-order valence-corrected chi connectivity index (χ2v) is 4.50. The highest BCUT2D eigenvalue weighted by Crippen LogP contribution is 2.06. The van der Waals surface area contributed by atoms with Crippen LogP contribution in [0.25, 0.3) is 0 Å². The zero-order valence-electron chi connectivity index (χ0n) is 11.1. The molecule has 1 saturated heterocycles. The molecule has 0 aromatic carbocycles. The number of nitrogens with one attached hydrogen (secondary N) is 1. The van der Waals surface area contributed by atoms with Gasteiger partial charge in [0.15, 0.2) is 5.76 Å². The first-order valence-electron chi connectivity index (χ1n) is 6.52. The number of carbonyl (C=O) groups is 2. The molecule has 1 aliphatic heterocycles. The summed E-state index contributed by atoms with van der Waals surface area (Å²) in [5, 5.41) is 2.78. The van der Waals surface area contributed by atoms with Crippen LogP contribution in [0.5, 0.6) is 0 Å². The van der Waals surface area contributed by atoms with Crippen LogP contribution in [0.4, 0.5) is 4.79 Å². The molecule has 0 bridgehead atoms. The Hall–Kier alpha value is -1.82. The molecular formula is C13H19N3O3. The van der Waals surface area contributed by atoms with E-state index in [2.05, 4.69) is 5.32 Å². The van der Waals surface area contributed by atoms with Gasteiger partial charge >= 0.3 is 6.03 Å². The molecule has 2 amide bonds. The van der Waals surface area contributed by atoms with Crippen LogP contribution < -0.4 is 5.32 Å². The lowest BCUT2D eigenvalue weighted by molar-refractivity contribution is 0.0852. The number of piperazine rings is 1. The van der Waals surface area contributed by atoms with Crippen molar-refractivity contribution in [1.82, 2.24) is 15.1 Å². The number of nitrogens with zero attached hydrogens (tertiary/aromatic N) is 2. The zero-order chi connectivity index (χ0) is 13.7. The summed E-state index contributed by atoms with van der Waals surface area (Å²) in [6.07, 6.45) is 1.50. The lowest BCUT2D eigenvalue weighted by atomic mass is 10.2. The standard InChI is InChI=1S/C13H19N3O3/c1-2-14-13(18)16-7-5-15(6-8-16)10-11(17)12-4-3-9-19-12/h3-4,9H,2,5-8,10H2,1H3,(H,14,18). The van der Waals surface area contributed by atoms with Gasteiger partial charge in [-0.1, -0.05) is 0 Å². The minimum absolute atomic E-state index is 0.0172. The van der Waals surface area contributed by atoms with Crippen molar-refractivity contribution in [2.75, 3.05) is 39.3 Å². The molecule has 0 spiro atoms. The molecule has 104 valence electrons. The van der Waals surface area contributed by atoms with Gasteiger partial charge in [0.2, 0.25) is 5.78 Å². The van der Waals surface area contributed by atoms with E-state index in [1.165, 1.54) is 6.26 Å². The molecule has 1 fully saturated rings. The SMILES string of the molecule is CCNC(=O)N1CCN(CC(=O)c2ccco2)CC1. The summed E-state index contributed by atoms with van der Waals surface area (Å²) in [5.41, 5.74) is 0. The fraction of sp³-hybridized carbons (Fsp3) is 0.538. The Morgan fingerprint density at radius 2 is 2.05 bits per heavy atom. The van der Waals surface area contributed by atoms with E-state index >= 15 is 0 Å². The lowest BCUT2D eigenvalue weighted by Gasteiger charge is -2.34. The summed E-state index contributed by atoms with van der Waals surface area (Å²) >= 11 is 0. The van der Waals surface area contributed by atoms with Crippen molar-refractivity contribution in [3.63, 3.8) is 0 Å². The molecule has 6 heteroatoms. The number of Topliss-reactive ketones (excluding diaryl/α,β-unsaturated/α-hetero) is 1. The van der Waals surface area contributed by atoms with Crippen LogP contribution in [-0.2, 0) is 0 Å². The van der Waals surface area contributed by atoms with E-state index < -0.39 is 0 Å². The van der Waals surface area contributed by atoms with Gasteiger partial charge in [-0.2, -0.15) is 0 Å². The van der Waals surface area contributed by atoms with Crippen molar-refractivity contribution in [1.29, 1.82) is 0 Å². The first kappa shape index (κ1) is 13.6. The second-order valence-electron chi connectivity index (χ2n) is 4.50. The molecule has 0 saturated carbocycles. The monoisotopic (exact) mass is 265 g/mol. The van der Waals surface area contributed by atoms with E-state index in [1.54, 1.807) is 17.0 Å². The number of amides is 2. The minimum atomic E-state index is -0.0282. The van der Waals surface area contributed by atoms with Crippen LogP contribution in [0.1, 0.15) is 17.5 Å². The molecule has 2 heterocycles. The molecule has 6 nitrogen and oxygen atoms in total. The lowest BCUT2D eigenvalue weighted by Crippen LogP contribution is -2.52. The first-order valence-corrected chi connectivity index (χ1v) is 6.52. The average Bonchev–Trinajstić information content (AvgIpc) is 2.94. The highest BCUT2D eigenvalue weighted by molar-refractivity contribution is 5.95. The molecule has 1 aromatic rings. The molecule has 0 aliphatic carbocycles. The van der Waals surface area contributed by atoms with E-state index in [1.807, 2.05) is 11.8 Å². The van der Waals surface area contributed by atoms with E-state index in [4.69, 9.17) is 4.42 Å². The summed E-state index contributed by atoms with van der Waals surface area (Å²) in [6.45, 7) is 5.60. The Kier molecular flexibility index (Phi) is 4.57. The second kappa shape index (κ2) is 6.38. The molecule has 0 radical (unpaired) electrons. The van der Waals surface area contributed by atoms with Crippen molar-refractivity contribution in [3.05, 3.63) is 24.2 Å². The molecule has 0 unspecified atom stereocenters. The Morgan fingerprint density at radius 3 is 2.63 bits per heavy atom. The summed E-state index contributed by atoms with van der Waals surface area (Å²) < 4.78 is 5.08. The molecule has 19 heavy (non-hydrogen) atoms. The number of hydrogen-bond donors (Lipinski definition) is 1.